The summed E-state index contributed by atoms with van der Waals surface area (Å²) in [5.41, 5.74) is 5.31. The molecule has 0 spiro atoms. The lowest BCUT2D eigenvalue weighted by atomic mass is 10.0. The topological polar surface area (TPSA) is 72.4 Å². The number of hydrogen-bond acceptors (Lipinski definition) is 5. The number of aromatic amines is 1. The zero-order valence-electron chi connectivity index (χ0n) is 17.6. The van der Waals surface area contributed by atoms with Gasteiger partial charge in [-0.2, -0.15) is 5.26 Å². The number of aryl methyl sites for hydroxylation is 1. The molecule has 158 valence electrons. The second-order valence-corrected chi connectivity index (χ2v) is 8.41. The van der Waals surface area contributed by atoms with E-state index in [0.29, 0.717) is 17.7 Å². The van der Waals surface area contributed by atoms with E-state index in [0.717, 1.165) is 56.6 Å². The number of unbranched alkanes of at least 4 members (excludes halogenated alkanes) is 1. The minimum absolute atomic E-state index is 0.157. The summed E-state index contributed by atoms with van der Waals surface area (Å²) in [4.78, 5) is 19.7. The average molecular weight is 415 g/mol. The number of esters is 1. The van der Waals surface area contributed by atoms with Crippen LogP contribution in [0.2, 0.25) is 0 Å². The van der Waals surface area contributed by atoms with Crippen molar-refractivity contribution in [2.45, 2.75) is 25.7 Å². The number of fused-ring (bicyclic) bond motifs is 2. The molecule has 0 amide bonds. The molecule has 2 aromatic carbocycles. The molecule has 1 fully saturated rings. The number of nitrogens with one attached hydrogen (secondary N) is 1. The number of carbonyl (C=O) groups excluding carboxylic acids is 1. The fraction of sp³-hybridized carbons (Fsp3) is 0.360. The maximum Gasteiger partial charge on any atom is 0.315 e. The number of rotatable bonds is 6. The molecule has 6 heteroatoms. The summed E-state index contributed by atoms with van der Waals surface area (Å²) in [5.74, 6) is 0.557. The molecule has 0 bridgehead atoms. The van der Waals surface area contributed by atoms with Crippen LogP contribution >= 0.6 is 0 Å². The average Bonchev–Trinajstić information content (AvgIpc) is 3.38. The molecular weight excluding hydrogens is 388 g/mol. The van der Waals surface area contributed by atoms with Gasteiger partial charge in [-0.15, -0.1) is 0 Å². The van der Waals surface area contributed by atoms with E-state index in [9.17, 15) is 4.79 Å². The first-order valence-electron chi connectivity index (χ1n) is 11.0. The third kappa shape index (κ3) is 4.14. The molecular formula is C25H26N4O2. The van der Waals surface area contributed by atoms with Crippen LogP contribution < -0.4 is 9.64 Å². The molecule has 1 N–H and O–H groups in total. The Morgan fingerprint density at radius 3 is 2.77 bits per heavy atom. The molecule has 31 heavy (non-hydrogen) atoms. The smallest absolute Gasteiger partial charge is 0.315 e. The van der Waals surface area contributed by atoms with E-state index in [1.807, 2.05) is 24.3 Å². The number of H-pyrrole nitrogens is 1. The van der Waals surface area contributed by atoms with Crippen molar-refractivity contribution < 1.29 is 9.53 Å². The standard InChI is InChI=1S/C25H26N4O2/c26-16-18-4-6-23-22(13-18)19(17-27-23)3-1-2-8-28-9-11-29(12-10-28)21-5-7-24-20(14-21)15-25(30)31-24/h4-7,13-14,17,27H,1-3,8-12,15H2. The maximum absolute atomic E-state index is 11.5. The first-order chi connectivity index (χ1) is 15.2. The van der Waals surface area contributed by atoms with Crippen molar-refractivity contribution in [1.82, 2.24) is 9.88 Å². The van der Waals surface area contributed by atoms with E-state index in [-0.39, 0.29) is 5.97 Å². The zero-order valence-corrected chi connectivity index (χ0v) is 17.6. The molecule has 3 aromatic rings. The monoisotopic (exact) mass is 414 g/mol. The van der Waals surface area contributed by atoms with Crippen LogP contribution in [0.25, 0.3) is 10.9 Å². The molecule has 1 aromatic heterocycles. The highest BCUT2D eigenvalue weighted by Gasteiger charge is 2.23. The van der Waals surface area contributed by atoms with E-state index in [4.69, 9.17) is 10.00 Å². The van der Waals surface area contributed by atoms with Gasteiger partial charge in [-0.05, 0) is 67.8 Å². The summed E-state index contributed by atoms with van der Waals surface area (Å²) < 4.78 is 5.20. The molecule has 3 heterocycles. The molecule has 6 nitrogen and oxygen atoms in total. The van der Waals surface area contributed by atoms with Crippen LogP contribution in [0, 0.1) is 11.3 Å². The van der Waals surface area contributed by atoms with E-state index < -0.39 is 0 Å². The van der Waals surface area contributed by atoms with Crippen molar-refractivity contribution in [3.8, 4) is 11.8 Å². The Bertz CT molecular complexity index is 1150. The first kappa shape index (κ1) is 19.7. The molecule has 0 saturated carbocycles. The van der Waals surface area contributed by atoms with Crippen LogP contribution in [0.5, 0.6) is 5.75 Å². The van der Waals surface area contributed by atoms with Gasteiger partial charge in [-0.1, -0.05) is 0 Å². The van der Waals surface area contributed by atoms with E-state index >= 15 is 0 Å². The maximum atomic E-state index is 11.5. The summed E-state index contributed by atoms with van der Waals surface area (Å²) in [6.07, 6.45) is 5.81. The summed E-state index contributed by atoms with van der Waals surface area (Å²) in [6.45, 7) is 5.25. The van der Waals surface area contributed by atoms with Gasteiger partial charge in [0.05, 0.1) is 18.1 Å². The highest BCUT2D eigenvalue weighted by atomic mass is 16.5. The lowest BCUT2D eigenvalue weighted by Crippen LogP contribution is -2.46. The Morgan fingerprint density at radius 2 is 1.94 bits per heavy atom. The lowest BCUT2D eigenvalue weighted by Gasteiger charge is -2.36. The summed E-state index contributed by atoms with van der Waals surface area (Å²) in [6, 6.07) is 14.2. The van der Waals surface area contributed by atoms with Crippen molar-refractivity contribution in [3.05, 3.63) is 59.3 Å². The summed E-state index contributed by atoms with van der Waals surface area (Å²) in [7, 11) is 0. The van der Waals surface area contributed by atoms with Gasteiger partial charge in [-0.25, -0.2) is 0 Å². The van der Waals surface area contributed by atoms with Gasteiger partial charge in [0.2, 0.25) is 0 Å². The van der Waals surface area contributed by atoms with E-state index in [1.165, 1.54) is 23.1 Å². The highest BCUT2D eigenvalue weighted by molar-refractivity contribution is 5.84. The quantitative estimate of drug-likeness (QED) is 0.379. The lowest BCUT2D eigenvalue weighted by molar-refractivity contribution is -0.131. The van der Waals surface area contributed by atoms with E-state index in [1.54, 1.807) is 0 Å². The number of piperazine rings is 1. The largest absolute Gasteiger partial charge is 0.426 e. The van der Waals surface area contributed by atoms with Gasteiger partial charge in [0.15, 0.2) is 0 Å². The predicted octanol–water partition coefficient (Wildman–Crippen LogP) is 3.65. The summed E-state index contributed by atoms with van der Waals surface area (Å²) in [5, 5.41) is 10.3. The Hall–Kier alpha value is -3.30. The summed E-state index contributed by atoms with van der Waals surface area (Å²) >= 11 is 0. The van der Waals surface area contributed by atoms with Gasteiger partial charge >= 0.3 is 5.97 Å². The van der Waals surface area contributed by atoms with Crippen molar-refractivity contribution in [2.75, 3.05) is 37.6 Å². The van der Waals surface area contributed by atoms with Gasteiger partial charge < -0.3 is 14.6 Å². The van der Waals surface area contributed by atoms with Crippen LogP contribution in [0.1, 0.15) is 29.5 Å². The fourth-order valence-electron chi connectivity index (χ4n) is 4.65. The number of aromatic nitrogens is 1. The zero-order chi connectivity index (χ0) is 21.2. The Morgan fingerprint density at radius 1 is 1.06 bits per heavy atom. The predicted molar refractivity (Wildman–Crippen MR) is 120 cm³/mol. The second kappa shape index (κ2) is 8.44. The van der Waals surface area contributed by atoms with Crippen LogP contribution in [0.4, 0.5) is 5.69 Å². The molecule has 0 radical (unpaired) electrons. The number of anilines is 1. The normalized spacial score (nSPS) is 16.4. The van der Waals surface area contributed by atoms with E-state index in [2.05, 4.69) is 39.2 Å². The molecule has 5 rings (SSSR count). The second-order valence-electron chi connectivity index (χ2n) is 8.41. The van der Waals surface area contributed by atoms with Gasteiger partial charge in [0, 0.05) is 54.5 Å². The van der Waals surface area contributed by atoms with Crippen LogP contribution in [-0.2, 0) is 17.6 Å². The Labute approximate surface area is 182 Å². The van der Waals surface area contributed by atoms with Gasteiger partial charge in [-0.3, -0.25) is 9.69 Å². The molecule has 0 atom stereocenters. The third-order valence-corrected chi connectivity index (χ3v) is 6.41. The molecule has 0 aliphatic carbocycles. The number of benzene rings is 2. The van der Waals surface area contributed by atoms with Gasteiger partial charge in [0.1, 0.15) is 5.75 Å². The minimum Gasteiger partial charge on any atom is -0.426 e. The molecule has 1 saturated heterocycles. The number of nitrogens with zero attached hydrogens (tertiary/aromatic N) is 3. The number of carbonyl (C=O) groups is 1. The SMILES string of the molecule is N#Cc1ccc2[nH]cc(CCCCN3CCN(c4ccc5c(c4)CC(=O)O5)CC3)c2c1. The third-order valence-electron chi connectivity index (χ3n) is 6.41. The van der Waals surface area contributed by atoms with Crippen molar-refractivity contribution in [3.63, 3.8) is 0 Å². The minimum atomic E-state index is -0.157. The number of nitriles is 1. The Kier molecular flexibility index (Phi) is 5.35. The van der Waals surface area contributed by atoms with Crippen molar-refractivity contribution in [2.24, 2.45) is 0 Å². The van der Waals surface area contributed by atoms with Crippen molar-refractivity contribution in [1.29, 1.82) is 5.26 Å². The fourth-order valence-corrected chi connectivity index (χ4v) is 4.65. The molecule has 2 aliphatic rings. The van der Waals surface area contributed by atoms with Crippen LogP contribution in [-0.4, -0.2) is 48.6 Å². The van der Waals surface area contributed by atoms with Crippen molar-refractivity contribution >= 4 is 22.6 Å². The van der Waals surface area contributed by atoms with Gasteiger partial charge in [0.25, 0.3) is 0 Å². The highest BCUT2D eigenvalue weighted by Crippen LogP contribution is 2.30. The molecule has 2 aliphatic heterocycles. The van der Waals surface area contributed by atoms with Crippen LogP contribution in [0.3, 0.4) is 0 Å². The first-order valence-corrected chi connectivity index (χ1v) is 11.0. The van der Waals surface area contributed by atoms with Crippen LogP contribution in [0.15, 0.2) is 42.6 Å². The number of ether oxygens (including phenoxy) is 1. The molecule has 0 unspecified atom stereocenters. The number of hydrogen-bond donors (Lipinski definition) is 1. The Balaban J connectivity index is 1.09.